The standard InChI is InChI=1S/C10H19N/c1-4-7(2)9-8-5-6-10(8,3)11-9/h7-9,11H,4-6H2,1-3H3. The molecule has 1 heteroatoms. The third kappa shape index (κ3) is 0.868. The van der Waals surface area contributed by atoms with E-state index in [4.69, 9.17) is 0 Å². The first-order valence-electron chi connectivity index (χ1n) is 4.95. The predicted octanol–water partition coefficient (Wildman–Crippen LogP) is 2.17. The minimum atomic E-state index is 0.564. The fraction of sp³-hybridized carbons (Fsp3) is 1.00. The topological polar surface area (TPSA) is 12.0 Å². The molecule has 1 saturated carbocycles. The molecule has 0 spiro atoms. The Bertz CT molecular complexity index is 166. The average Bonchev–Trinajstić information content (AvgIpc) is 2.00. The Labute approximate surface area is 69.6 Å². The monoisotopic (exact) mass is 153 g/mol. The van der Waals surface area contributed by atoms with Gasteiger partial charge in [0.1, 0.15) is 0 Å². The van der Waals surface area contributed by atoms with E-state index >= 15 is 0 Å². The lowest BCUT2D eigenvalue weighted by molar-refractivity contribution is -0.0676. The van der Waals surface area contributed by atoms with Crippen LogP contribution in [0.3, 0.4) is 0 Å². The zero-order valence-electron chi connectivity index (χ0n) is 7.85. The largest absolute Gasteiger partial charge is 0.308 e. The van der Waals surface area contributed by atoms with E-state index in [1.165, 1.54) is 19.3 Å². The Balaban J connectivity index is 1.92. The van der Waals surface area contributed by atoms with Crippen molar-refractivity contribution < 1.29 is 0 Å². The van der Waals surface area contributed by atoms with E-state index in [0.29, 0.717) is 5.54 Å². The maximum Gasteiger partial charge on any atom is 0.0199 e. The molecule has 0 bridgehead atoms. The summed E-state index contributed by atoms with van der Waals surface area (Å²) in [5.74, 6) is 1.89. The molecule has 0 amide bonds. The second-order valence-corrected chi connectivity index (χ2v) is 4.62. The summed E-state index contributed by atoms with van der Waals surface area (Å²) in [6.45, 7) is 7.04. The van der Waals surface area contributed by atoms with Gasteiger partial charge < -0.3 is 5.32 Å². The van der Waals surface area contributed by atoms with Crippen molar-refractivity contribution in [2.45, 2.75) is 51.6 Å². The van der Waals surface area contributed by atoms with Gasteiger partial charge in [0, 0.05) is 11.6 Å². The van der Waals surface area contributed by atoms with Crippen LogP contribution in [0.4, 0.5) is 0 Å². The Morgan fingerprint density at radius 3 is 2.64 bits per heavy atom. The summed E-state index contributed by atoms with van der Waals surface area (Å²) in [6.07, 6.45) is 4.20. The van der Waals surface area contributed by atoms with E-state index in [-0.39, 0.29) is 0 Å². The van der Waals surface area contributed by atoms with Gasteiger partial charge in [-0.3, -0.25) is 0 Å². The van der Waals surface area contributed by atoms with Crippen LogP contribution in [0.15, 0.2) is 0 Å². The fourth-order valence-electron chi connectivity index (χ4n) is 2.68. The molecule has 1 saturated heterocycles. The average molecular weight is 153 g/mol. The summed E-state index contributed by atoms with van der Waals surface area (Å²) in [6, 6.07) is 0.846. The zero-order valence-corrected chi connectivity index (χ0v) is 7.85. The van der Waals surface area contributed by atoms with Gasteiger partial charge in [-0.05, 0) is 31.6 Å². The van der Waals surface area contributed by atoms with Crippen molar-refractivity contribution in [1.29, 1.82) is 0 Å². The smallest absolute Gasteiger partial charge is 0.0199 e. The van der Waals surface area contributed by atoms with Crippen molar-refractivity contribution in [3.8, 4) is 0 Å². The van der Waals surface area contributed by atoms with Crippen molar-refractivity contribution in [2.24, 2.45) is 11.8 Å². The lowest BCUT2D eigenvalue weighted by atomic mass is 9.55. The Morgan fingerprint density at radius 2 is 2.36 bits per heavy atom. The van der Waals surface area contributed by atoms with Crippen LogP contribution in [0.1, 0.15) is 40.0 Å². The van der Waals surface area contributed by atoms with E-state index in [1.807, 2.05) is 0 Å². The Morgan fingerprint density at radius 1 is 1.64 bits per heavy atom. The number of piperidine rings is 1. The van der Waals surface area contributed by atoms with Gasteiger partial charge in [-0.15, -0.1) is 0 Å². The van der Waals surface area contributed by atoms with Crippen molar-refractivity contribution in [3.05, 3.63) is 0 Å². The third-order valence-electron chi connectivity index (χ3n) is 3.98. The van der Waals surface area contributed by atoms with Gasteiger partial charge in [0.05, 0.1) is 0 Å². The summed E-state index contributed by atoms with van der Waals surface area (Å²) in [4.78, 5) is 0. The first kappa shape index (κ1) is 7.60. The molecular weight excluding hydrogens is 134 g/mol. The molecule has 1 N–H and O–H groups in total. The highest BCUT2D eigenvalue weighted by Crippen LogP contribution is 2.50. The van der Waals surface area contributed by atoms with Crippen LogP contribution < -0.4 is 5.32 Å². The molecule has 2 aliphatic rings. The van der Waals surface area contributed by atoms with Crippen LogP contribution in [0.25, 0.3) is 0 Å². The third-order valence-corrected chi connectivity index (χ3v) is 3.98. The van der Waals surface area contributed by atoms with E-state index < -0.39 is 0 Å². The maximum atomic E-state index is 3.71. The molecular formula is C10H19N. The highest BCUT2D eigenvalue weighted by atomic mass is 15.1. The van der Waals surface area contributed by atoms with Crippen LogP contribution >= 0.6 is 0 Å². The van der Waals surface area contributed by atoms with Crippen molar-refractivity contribution in [2.75, 3.05) is 0 Å². The van der Waals surface area contributed by atoms with Gasteiger partial charge >= 0.3 is 0 Å². The molecule has 0 aromatic heterocycles. The summed E-state index contributed by atoms with van der Waals surface area (Å²) in [5, 5.41) is 3.71. The molecule has 2 rings (SSSR count). The normalized spacial score (nSPS) is 50.5. The highest BCUT2D eigenvalue weighted by molar-refractivity contribution is 5.15. The molecule has 2 fully saturated rings. The SMILES string of the molecule is CCC(C)C1NC2(C)CCC12. The predicted molar refractivity (Wildman–Crippen MR) is 47.5 cm³/mol. The maximum absolute atomic E-state index is 3.71. The van der Waals surface area contributed by atoms with Crippen LogP contribution in [-0.4, -0.2) is 11.6 Å². The summed E-state index contributed by atoms with van der Waals surface area (Å²) in [7, 11) is 0. The number of hydrogen-bond acceptors (Lipinski definition) is 1. The second kappa shape index (κ2) is 2.22. The van der Waals surface area contributed by atoms with E-state index in [2.05, 4.69) is 26.1 Å². The Kier molecular flexibility index (Phi) is 1.54. The van der Waals surface area contributed by atoms with Gasteiger partial charge in [0.25, 0.3) is 0 Å². The number of rotatable bonds is 2. The first-order valence-corrected chi connectivity index (χ1v) is 4.95. The minimum absolute atomic E-state index is 0.564. The molecule has 64 valence electrons. The molecule has 1 nitrogen and oxygen atoms in total. The van der Waals surface area contributed by atoms with E-state index in [0.717, 1.165) is 17.9 Å². The molecule has 1 aliphatic carbocycles. The summed E-state index contributed by atoms with van der Waals surface area (Å²) >= 11 is 0. The van der Waals surface area contributed by atoms with Crippen molar-refractivity contribution >= 4 is 0 Å². The van der Waals surface area contributed by atoms with Crippen LogP contribution in [0.2, 0.25) is 0 Å². The molecule has 1 aliphatic heterocycles. The Hall–Kier alpha value is -0.0400. The quantitative estimate of drug-likeness (QED) is 0.641. The van der Waals surface area contributed by atoms with Crippen LogP contribution in [-0.2, 0) is 0 Å². The molecule has 4 unspecified atom stereocenters. The second-order valence-electron chi connectivity index (χ2n) is 4.62. The van der Waals surface area contributed by atoms with E-state index in [9.17, 15) is 0 Å². The molecule has 0 radical (unpaired) electrons. The van der Waals surface area contributed by atoms with Crippen molar-refractivity contribution in [3.63, 3.8) is 0 Å². The van der Waals surface area contributed by atoms with Gasteiger partial charge in [-0.2, -0.15) is 0 Å². The molecule has 0 aromatic rings. The number of fused-ring (bicyclic) bond motifs is 1. The highest BCUT2D eigenvalue weighted by Gasteiger charge is 2.56. The van der Waals surface area contributed by atoms with Gasteiger partial charge in [-0.1, -0.05) is 20.3 Å². The number of hydrogen-bond donors (Lipinski definition) is 1. The lowest BCUT2D eigenvalue weighted by Crippen LogP contribution is -2.76. The van der Waals surface area contributed by atoms with Gasteiger partial charge in [0.2, 0.25) is 0 Å². The molecule has 1 heterocycles. The number of nitrogens with one attached hydrogen (secondary N) is 1. The first-order chi connectivity index (χ1) is 5.17. The lowest BCUT2D eigenvalue weighted by Gasteiger charge is -2.64. The minimum Gasteiger partial charge on any atom is -0.308 e. The summed E-state index contributed by atoms with van der Waals surface area (Å²) < 4.78 is 0. The van der Waals surface area contributed by atoms with Crippen LogP contribution in [0.5, 0.6) is 0 Å². The fourth-order valence-corrected chi connectivity index (χ4v) is 2.68. The van der Waals surface area contributed by atoms with Crippen molar-refractivity contribution in [1.82, 2.24) is 5.32 Å². The van der Waals surface area contributed by atoms with Gasteiger partial charge in [-0.25, -0.2) is 0 Å². The van der Waals surface area contributed by atoms with E-state index in [1.54, 1.807) is 0 Å². The summed E-state index contributed by atoms with van der Waals surface area (Å²) in [5.41, 5.74) is 0.564. The zero-order chi connectivity index (χ0) is 8.06. The molecule has 4 atom stereocenters. The van der Waals surface area contributed by atoms with Crippen LogP contribution in [0, 0.1) is 11.8 Å². The molecule has 11 heavy (non-hydrogen) atoms. The molecule has 0 aromatic carbocycles. The van der Waals surface area contributed by atoms with Gasteiger partial charge in [0.15, 0.2) is 0 Å².